The van der Waals surface area contributed by atoms with Crippen LogP contribution in [0.2, 0.25) is 10.4 Å². The molecular weight excluding hydrogens is 289 g/mol. The lowest BCUT2D eigenvalue weighted by molar-refractivity contribution is -0.115. The number of carbonyl (C=O) groups excluding carboxylic acids is 1. The molecule has 1 N–H and O–H groups in total. The Balaban J connectivity index is 2.15. The molecular formula is C11H7Cl2N5O. The van der Waals surface area contributed by atoms with Crippen molar-refractivity contribution in [3.8, 4) is 0 Å². The number of fused-ring (bicyclic) bond motifs is 1. The molecule has 2 aromatic rings. The van der Waals surface area contributed by atoms with Gasteiger partial charge < -0.3 is 10.2 Å². The van der Waals surface area contributed by atoms with Crippen LogP contribution in [0.3, 0.4) is 0 Å². The minimum atomic E-state index is -0.162. The molecule has 1 aliphatic heterocycles. The molecule has 96 valence electrons. The highest BCUT2D eigenvalue weighted by molar-refractivity contribution is 6.32. The number of nitrogens with one attached hydrogen (secondary N) is 1. The molecule has 0 atom stereocenters. The van der Waals surface area contributed by atoms with Gasteiger partial charge in [0.25, 0.3) is 0 Å². The van der Waals surface area contributed by atoms with Gasteiger partial charge in [0.05, 0.1) is 11.4 Å². The SMILES string of the molecule is O=C1CN(c2nc(Cl)nnc2Cl)c2ccccc2N1. The van der Waals surface area contributed by atoms with Gasteiger partial charge in [-0.1, -0.05) is 23.7 Å². The first-order chi connectivity index (χ1) is 9.15. The number of carbonyl (C=O) groups is 1. The van der Waals surface area contributed by atoms with Crippen LogP contribution in [0.1, 0.15) is 0 Å². The molecule has 8 heteroatoms. The maximum Gasteiger partial charge on any atom is 0.245 e. The smallest absolute Gasteiger partial charge is 0.245 e. The molecule has 0 unspecified atom stereocenters. The van der Waals surface area contributed by atoms with Gasteiger partial charge in [0.2, 0.25) is 11.2 Å². The highest BCUT2D eigenvalue weighted by Gasteiger charge is 2.26. The van der Waals surface area contributed by atoms with Gasteiger partial charge in [0, 0.05) is 0 Å². The summed E-state index contributed by atoms with van der Waals surface area (Å²) in [6, 6.07) is 7.33. The lowest BCUT2D eigenvalue weighted by Crippen LogP contribution is -2.35. The summed E-state index contributed by atoms with van der Waals surface area (Å²) in [7, 11) is 0. The van der Waals surface area contributed by atoms with E-state index in [1.54, 1.807) is 11.0 Å². The molecule has 2 heterocycles. The van der Waals surface area contributed by atoms with E-state index >= 15 is 0 Å². The van der Waals surface area contributed by atoms with Crippen molar-refractivity contribution in [2.45, 2.75) is 0 Å². The number of anilines is 3. The van der Waals surface area contributed by atoms with Gasteiger partial charge >= 0.3 is 0 Å². The summed E-state index contributed by atoms with van der Waals surface area (Å²) in [5.74, 6) is 0.147. The van der Waals surface area contributed by atoms with Gasteiger partial charge in [-0.3, -0.25) is 4.79 Å². The first-order valence-corrected chi connectivity index (χ1v) is 6.13. The molecule has 1 amide bonds. The van der Waals surface area contributed by atoms with Crippen LogP contribution >= 0.6 is 23.2 Å². The Labute approximate surface area is 118 Å². The fourth-order valence-electron chi connectivity index (χ4n) is 1.88. The predicted molar refractivity (Wildman–Crippen MR) is 71.9 cm³/mol. The van der Waals surface area contributed by atoms with E-state index in [0.29, 0.717) is 11.5 Å². The Kier molecular flexibility index (Phi) is 2.96. The van der Waals surface area contributed by atoms with E-state index in [0.717, 1.165) is 5.69 Å². The molecule has 19 heavy (non-hydrogen) atoms. The van der Waals surface area contributed by atoms with Crippen LogP contribution < -0.4 is 10.2 Å². The summed E-state index contributed by atoms with van der Waals surface area (Å²) < 4.78 is 0. The van der Waals surface area contributed by atoms with E-state index in [9.17, 15) is 4.79 Å². The van der Waals surface area contributed by atoms with Crippen molar-refractivity contribution in [1.82, 2.24) is 15.2 Å². The number of para-hydroxylation sites is 2. The number of halogens is 2. The van der Waals surface area contributed by atoms with E-state index in [-0.39, 0.29) is 22.9 Å². The summed E-state index contributed by atoms with van der Waals surface area (Å²) in [4.78, 5) is 17.4. The number of aromatic nitrogens is 3. The van der Waals surface area contributed by atoms with E-state index in [4.69, 9.17) is 23.2 Å². The Morgan fingerprint density at radius 2 is 2.00 bits per heavy atom. The van der Waals surface area contributed by atoms with Crippen LogP contribution in [0.4, 0.5) is 17.2 Å². The Hall–Kier alpha value is -1.92. The van der Waals surface area contributed by atoms with Crippen molar-refractivity contribution >= 4 is 46.3 Å². The molecule has 0 spiro atoms. The number of benzene rings is 1. The Morgan fingerprint density at radius 3 is 2.84 bits per heavy atom. The van der Waals surface area contributed by atoms with Gasteiger partial charge in [-0.15, -0.1) is 10.2 Å². The Morgan fingerprint density at radius 1 is 1.21 bits per heavy atom. The average Bonchev–Trinajstić information content (AvgIpc) is 2.40. The van der Waals surface area contributed by atoms with E-state index in [2.05, 4.69) is 20.5 Å². The summed E-state index contributed by atoms with van der Waals surface area (Å²) in [5.41, 5.74) is 1.46. The molecule has 1 aromatic carbocycles. The molecule has 3 rings (SSSR count). The van der Waals surface area contributed by atoms with Crippen LogP contribution in [0.25, 0.3) is 0 Å². The molecule has 1 aromatic heterocycles. The van der Waals surface area contributed by atoms with Crippen molar-refractivity contribution in [2.75, 3.05) is 16.8 Å². The zero-order chi connectivity index (χ0) is 13.4. The third-order valence-corrected chi connectivity index (χ3v) is 3.03. The average molecular weight is 296 g/mol. The minimum absolute atomic E-state index is 0.0251. The fourth-order valence-corrected chi connectivity index (χ4v) is 2.18. The number of hydrogen-bond acceptors (Lipinski definition) is 5. The van der Waals surface area contributed by atoms with Crippen molar-refractivity contribution < 1.29 is 4.79 Å². The van der Waals surface area contributed by atoms with Crippen molar-refractivity contribution in [3.05, 3.63) is 34.7 Å². The highest BCUT2D eigenvalue weighted by Crippen LogP contribution is 2.36. The second-order valence-corrected chi connectivity index (χ2v) is 4.54. The van der Waals surface area contributed by atoms with Gasteiger partial charge in [-0.05, 0) is 23.7 Å². The summed E-state index contributed by atoms with van der Waals surface area (Å²) in [5, 5.41) is 10.1. The standard InChI is InChI=1S/C11H7Cl2N5O/c12-9-10(15-11(13)17-16-9)18-5-8(19)14-6-3-1-2-4-7(6)18/h1-4H,5H2,(H,14,19). The number of amides is 1. The largest absolute Gasteiger partial charge is 0.323 e. The molecule has 0 fully saturated rings. The topological polar surface area (TPSA) is 71.0 Å². The molecule has 1 aliphatic rings. The minimum Gasteiger partial charge on any atom is -0.323 e. The number of hydrogen-bond donors (Lipinski definition) is 1. The molecule has 0 saturated heterocycles. The molecule has 0 radical (unpaired) electrons. The highest BCUT2D eigenvalue weighted by atomic mass is 35.5. The Bertz CT molecular complexity index is 663. The molecule has 6 nitrogen and oxygen atoms in total. The van der Waals surface area contributed by atoms with Crippen molar-refractivity contribution in [1.29, 1.82) is 0 Å². The van der Waals surface area contributed by atoms with Crippen LogP contribution in [0, 0.1) is 0 Å². The van der Waals surface area contributed by atoms with Gasteiger partial charge in [-0.25, -0.2) is 0 Å². The lowest BCUT2D eigenvalue weighted by Gasteiger charge is -2.29. The van der Waals surface area contributed by atoms with Crippen LogP contribution in [0.15, 0.2) is 24.3 Å². The van der Waals surface area contributed by atoms with E-state index in [1.165, 1.54) is 0 Å². The van der Waals surface area contributed by atoms with Crippen LogP contribution in [-0.2, 0) is 4.79 Å². The quantitative estimate of drug-likeness (QED) is 0.874. The molecule has 0 saturated carbocycles. The van der Waals surface area contributed by atoms with Crippen molar-refractivity contribution in [2.24, 2.45) is 0 Å². The second-order valence-electron chi connectivity index (χ2n) is 3.85. The predicted octanol–water partition coefficient (Wildman–Crippen LogP) is 2.27. The number of rotatable bonds is 1. The van der Waals surface area contributed by atoms with Gasteiger partial charge in [-0.2, -0.15) is 4.98 Å². The summed E-state index contributed by atoms with van der Waals surface area (Å²) in [6.45, 7) is 0.0890. The van der Waals surface area contributed by atoms with E-state index in [1.807, 2.05) is 18.2 Å². The zero-order valence-corrected chi connectivity index (χ0v) is 11.0. The summed E-state index contributed by atoms with van der Waals surface area (Å²) in [6.07, 6.45) is 0. The molecule has 0 aliphatic carbocycles. The van der Waals surface area contributed by atoms with Gasteiger partial charge in [0.1, 0.15) is 6.54 Å². The van der Waals surface area contributed by atoms with Gasteiger partial charge in [0.15, 0.2) is 11.0 Å². The zero-order valence-electron chi connectivity index (χ0n) is 9.47. The first-order valence-electron chi connectivity index (χ1n) is 5.37. The van der Waals surface area contributed by atoms with Crippen molar-refractivity contribution in [3.63, 3.8) is 0 Å². The second kappa shape index (κ2) is 4.64. The molecule has 0 bridgehead atoms. The fraction of sp³-hybridized carbons (Fsp3) is 0.0909. The maximum absolute atomic E-state index is 11.7. The first kappa shape index (κ1) is 12.1. The third kappa shape index (κ3) is 2.20. The van der Waals surface area contributed by atoms with Crippen LogP contribution in [0.5, 0.6) is 0 Å². The maximum atomic E-state index is 11.7. The monoisotopic (exact) mass is 295 g/mol. The van der Waals surface area contributed by atoms with E-state index < -0.39 is 0 Å². The third-order valence-electron chi connectivity index (χ3n) is 2.63. The lowest BCUT2D eigenvalue weighted by atomic mass is 10.2. The normalized spacial score (nSPS) is 14.0. The summed E-state index contributed by atoms with van der Waals surface area (Å²) >= 11 is 11.7. The van der Waals surface area contributed by atoms with Crippen LogP contribution in [-0.4, -0.2) is 27.6 Å². The number of nitrogens with zero attached hydrogens (tertiary/aromatic N) is 4.